The van der Waals surface area contributed by atoms with E-state index in [1.807, 2.05) is 18.2 Å². The van der Waals surface area contributed by atoms with Crippen LogP contribution in [0.5, 0.6) is 0 Å². The summed E-state index contributed by atoms with van der Waals surface area (Å²) in [6, 6.07) is 19.2. The molecule has 0 bridgehead atoms. The van der Waals surface area contributed by atoms with Crippen LogP contribution in [-0.2, 0) is 4.74 Å². The van der Waals surface area contributed by atoms with Crippen LogP contribution in [0.4, 0.5) is 5.69 Å². The molecule has 0 saturated carbocycles. The van der Waals surface area contributed by atoms with E-state index in [0.717, 1.165) is 24.6 Å². The van der Waals surface area contributed by atoms with Gasteiger partial charge in [0.15, 0.2) is 5.96 Å². The fourth-order valence-electron chi connectivity index (χ4n) is 3.64. The fraction of sp³-hybridized carbons (Fsp3) is 0.435. The van der Waals surface area contributed by atoms with E-state index in [1.54, 1.807) is 14.2 Å². The lowest BCUT2D eigenvalue weighted by Gasteiger charge is -2.23. The lowest BCUT2D eigenvalue weighted by molar-refractivity contribution is 0.106. The highest BCUT2D eigenvalue weighted by Crippen LogP contribution is 2.24. The molecule has 5 nitrogen and oxygen atoms in total. The van der Waals surface area contributed by atoms with Crippen LogP contribution in [0.1, 0.15) is 43.0 Å². The van der Waals surface area contributed by atoms with Gasteiger partial charge in [0.2, 0.25) is 0 Å². The first-order valence-electron chi connectivity index (χ1n) is 10.1. The average molecular weight is 508 g/mol. The Morgan fingerprint density at radius 1 is 1.07 bits per heavy atom. The number of hydrogen-bond donors (Lipinski definition) is 2. The van der Waals surface area contributed by atoms with E-state index in [0.29, 0.717) is 6.54 Å². The van der Waals surface area contributed by atoms with Gasteiger partial charge < -0.3 is 20.3 Å². The molecule has 2 aromatic carbocycles. The first-order valence-corrected chi connectivity index (χ1v) is 10.1. The molecule has 0 amide bonds. The minimum absolute atomic E-state index is 0. The Bertz CT molecular complexity index is 762. The van der Waals surface area contributed by atoms with Crippen molar-refractivity contribution in [1.29, 1.82) is 0 Å². The second-order valence-corrected chi connectivity index (χ2v) is 7.24. The van der Waals surface area contributed by atoms with Crippen molar-refractivity contribution in [3.8, 4) is 0 Å². The maximum absolute atomic E-state index is 5.64. The molecular weight excluding hydrogens is 475 g/mol. The fourth-order valence-corrected chi connectivity index (χ4v) is 3.64. The zero-order valence-electron chi connectivity index (χ0n) is 17.6. The van der Waals surface area contributed by atoms with E-state index in [4.69, 9.17) is 4.74 Å². The van der Waals surface area contributed by atoms with Crippen LogP contribution in [-0.4, -0.2) is 39.8 Å². The Balaban J connectivity index is 0.00000300. The number of nitrogens with zero attached hydrogens (tertiary/aromatic N) is 2. The van der Waals surface area contributed by atoms with Crippen molar-refractivity contribution in [2.45, 2.75) is 31.9 Å². The van der Waals surface area contributed by atoms with Gasteiger partial charge >= 0.3 is 0 Å². The van der Waals surface area contributed by atoms with Crippen molar-refractivity contribution in [3.05, 3.63) is 65.7 Å². The molecule has 0 aromatic heterocycles. The molecule has 3 rings (SSSR count). The van der Waals surface area contributed by atoms with Crippen LogP contribution in [0.15, 0.2) is 59.6 Å². The van der Waals surface area contributed by atoms with Gasteiger partial charge in [0.05, 0.1) is 12.1 Å². The summed E-state index contributed by atoms with van der Waals surface area (Å²) in [4.78, 5) is 6.85. The lowest BCUT2D eigenvalue weighted by Crippen LogP contribution is -2.40. The van der Waals surface area contributed by atoms with Crippen molar-refractivity contribution >= 4 is 35.6 Å². The summed E-state index contributed by atoms with van der Waals surface area (Å²) in [5.74, 6) is 0.775. The predicted molar refractivity (Wildman–Crippen MR) is 132 cm³/mol. The summed E-state index contributed by atoms with van der Waals surface area (Å²) < 4.78 is 5.64. The molecule has 6 heteroatoms. The standard InChI is InChI=1S/C23H32N4O.HI/c1-18(20-12-9-13-21(16-20)27-14-7-8-15-27)26-23(24-2)25-17-22(28-3)19-10-5-4-6-11-19;/h4-6,9-13,16,18,22H,7-8,14-15,17H2,1-3H3,(H2,24,25,26);1H. The monoisotopic (exact) mass is 508 g/mol. The highest BCUT2D eigenvalue weighted by Gasteiger charge is 2.15. The van der Waals surface area contributed by atoms with E-state index in [2.05, 4.69) is 63.8 Å². The first-order chi connectivity index (χ1) is 13.7. The third-order valence-corrected chi connectivity index (χ3v) is 5.33. The van der Waals surface area contributed by atoms with Gasteiger partial charge in [-0.1, -0.05) is 42.5 Å². The molecule has 2 N–H and O–H groups in total. The molecule has 1 aliphatic heterocycles. The SMILES string of the molecule is CN=C(NCC(OC)c1ccccc1)NC(C)c1cccc(N2CCCC2)c1.I. The second-order valence-electron chi connectivity index (χ2n) is 7.24. The lowest BCUT2D eigenvalue weighted by atomic mass is 10.1. The number of guanidine groups is 1. The van der Waals surface area contributed by atoms with Crippen LogP contribution in [0, 0.1) is 0 Å². The van der Waals surface area contributed by atoms with Gasteiger partial charge in [-0.05, 0) is 43.0 Å². The summed E-state index contributed by atoms with van der Waals surface area (Å²) in [7, 11) is 3.54. The molecule has 1 aliphatic rings. The summed E-state index contributed by atoms with van der Waals surface area (Å²) in [5.41, 5.74) is 3.73. The molecule has 0 spiro atoms. The third-order valence-electron chi connectivity index (χ3n) is 5.33. The second kappa shape index (κ2) is 12.0. The van der Waals surface area contributed by atoms with Gasteiger partial charge in [0.25, 0.3) is 0 Å². The number of methoxy groups -OCH3 is 1. The Hall–Kier alpha value is -1.80. The first kappa shape index (κ1) is 23.5. The molecule has 1 fully saturated rings. The van der Waals surface area contributed by atoms with Crippen LogP contribution < -0.4 is 15.5 Å². The summed E-state index contributed by atoms with van der Waals surface area (Å²) in [5, 5.41) is 6.89. The van der Waals surface area contributed by atoms with E-state index in [1.165, 1.54) is 24.1 Å². The molecule has 29 heavy (non-hydrogen) atoms. The van der Waals surface area contributed by atoms with Crippen molar-refractivity contribution in [2.75, 3.05) is 38.7 Å². The normalized spacial score (nSPS) is 16.1. The van der Waals surface area contributed by atoms with Crippen molar-refractivity contribution in [2.24, 2.45) is 4.99 Å². The van der Waals surface area contributed by atoms with Crippen LogP contribution in [0.2, 0.25) is 0 Å². The van der Waals surface area contributed by atoms with Crippen LogP contribution in [0.25, 0.3) is 0 Å². The molecule has 158 valence electrons. The molecule has 2 aromatic rings. The molecule has 0 radical (unpaired) electrons. The van der Waals surface area contributed by atoms with Crippen LogP contribution >= 0.6 is 24.0 Å². The summed E-state index contributed by atoms with van der Waals surface area (Å²) >= 11 is 0. The number of benzene rings is 2. The van der Waals surface area contributed by atoms with Gasteiger partial charge in [0.1, 0.15) is 0 Å². The average Bonchev–Trinajstić information content (AvgIpc) is 3.29. The number of rotatable bonds is 7. The zero-order chi connectivity index (χ0) is 19.8. The molecule has 0 aliphatic carbocycles. The number of ether oxygens (including phenoxy) is 1. The minimum Gasteiger partial charge on any atom is -0.375 e. The van der Waals surface area contributed by atoms with E-state index < -0.39 is 0 Å². The maximum Gasteiger partial charge on any atom is 0.191 e. The predicted octanol–water partition coefficient (Wildman–Crippen LogP) is 4.52. The number of halogens is 1. The van der Waals surface area contributed by atoms with Gasteiger partial charge in [0, 0.05) is 39.5 Å². The van der Waals surface area contributed by atoms with E-state index in [-0.39, 0.29) is 36.1 Å². The molecule has 2 unspecified atom stereocenters. The number of aliphatic imine (C=N–C) groups is 1. The number of anilines is 1. The summed E-state index contributed by atoms with van der Waals surface area (Å²) in [6.07, 6.45) is 2.56. The molecule has 2 atom stereocenters. The third kappa shape index (κ3) is 6.60. The Morgan fingerprint density at radius 2 is 1.76 bits per heavy atom. The minimum atomic E-state index is -0.0199. The quantitative estimate of drug-likeness (QED) is 0.328. The van der Waals surface area contributed by atoms with Gasteiger partial charge in [-0.3, -0.25) is 4.99 Å². The number of nitrogens with one attached hydrogen (secondary N) is 2. The molecule has 1 heterocycles. The van der Waals surface area contributed by atoms with Crippen molar-refractivity contribution in [3.63, 3.8) is 0 Å². The molecular formula is C23H33IN4O. The largest absolute Gasteiger partial charge is 0.375 e. The van der Waals surface area contributed by atoms with Gasteiger partial charge in [-0.15, -0.1) is 24.0 Å². The highest BCUT2D eigenvalue weighted by molar-refractivity contribution is 14.0. The number of hydrogen-bond acceptors (Lipinski definition) is 3. The smallest absolute Gasteiger partial charge is 0.191 e. The Morgan fingerprint density at radius 3 is 2.41 bits per heavy atom. The molecule has 1 saturated heterocycles. The van der Waals surface area contributed by atoms with E-state index >= 15 is 0 Å². The Kier molecular flexibility index (Phi) is 9.73. The topological polar surface area (TPSA) is 48.9 Å². The van der Waals surface area contributed by atoms with Crippen LogP contribution in [0.3, 0.4) is 0 Å². The van der Waals surface area contributed by atoms with Crippen molar-refractivity contribution < 1.29 is 4.74 Å². The Labute approximate surface area is 192 Å². The van der Waals surface area contributed by atoms with Gasteiger partial charge in [-0.25, -0.2) is 0 Å². The maximum atomic E-state index is 5.64. The van der Waals surface area contributed by atoms with Gasteiger partial charge in [-0.2, -0.15) is 0 Å². The van der Waals surface area contributed by atoms with Crippen molar-refractivity contribution in [1.82, 2.24) is 10.6 Å². The zero-order valence-corrected chi connectivity index (χ0v) is 19.9. The summed E-state index contributed by atoms with van der Waals surface area (Å²) in [6.45, 7) is 5.14. The van der Waals surface area contributed by atoms with E-state index in [9.17, 15) is 0 Å². The highest BCUT2D eigenvalue weighted by atomic mass is 127.